The van der Waals surface area contributed by atoms with Gasteiger partial charge in [-0.1, -0.05) is 213 Å². The van der Waals surface area contributed by atoms with Crippen LogP contribution >= 0.6 is 0 Å². The van der Waals surface area contributed by atoms with Crippen molar-refractivity contribution in [1.82, 2.24) is 5.32 Å². The van der Waals surface area contributed by atoms with Crippen molar-refractivity contribution >= 4 is 5.91 Å². The number of hydrogen-bond acceptors (Lipinski definition) is 15. The standard InChI is InChI=1S/C53H103NO15/c1-3-5-7-9-11-13-15-17-18-19-20-21-22-23-25-27-29-31-33-35-41(58)51(65)54-39(44(60)40(57)34-32-30-28-26-24-16-14-12-10-8-6-4-2)38-66-52-48(64)50(45(61)43(37-56)67-52)69-53-47(63)46(62)49(68-53)42(59)36-55/h39-50,52-53,55-64H,3-38H2,1-2H3,(H,54,65). The molecule has 2 fully saturated rings. The lowest BCUT2D eigenvalue weighted by atomic mass is 9.98. The van der Waals surface area contributed by atoms with E-state index in [1.54, 1.807) is 0 Å². The Hall–Kier alpha value is -1.09. The first kappa shape index (κ1) is 64.0. The van der Waals surface area contributed by atoms with Gasteiger partial charge in [-0.15, -0.1) is 0 Å². The molecule has 16 nitrogen and oxygen atoms in total. The Morgan fingerprint density at radius 3 is 1.36 bits per heavy atom. The van der Waals surface area contributed by atoms with Crippen LogP contribution in [-0.2, 0) is 23.7 Å². The lowest BCUT2D eigenvalue weighted by molar-refractivity contribution is -0.332. The molecule has 1 amide bonds. The van der Waals surface area contributed by atoms with Crippen LogP contribution in [0.1, 0.15) is 226 Å². The molecule has 0 saturated carbocycles. The van der Waals surface area contributed by atoms with Crippen molar-refractivity contribution in [2.75, 3.05) is 19.8 Å². The first-order chi connectivity index (χ1) is 33.4. The van der Waals surface area contributed by atoms with Crippen molar-refractivity contribution in [3.05, 3.63) is 0 Å². The number of carbonyl (C=O) groups excluding carboxylic acids is 1. The molecule has 14 atom stereocenters. The van der Waals surface area contributed by atoms with Crippen molar-refractivity contribution < 1.29 is 74.8 Å². The van der Waals surface area contributed by atoms with Crippen molar-refractivity contribution in [2.45, 2.75) is 312 Å². The quantitative estimate of drug-likeness (QED) is 0.0308. The molecule has 11 N–H and O–H groups in total. The van der Waals surface area contributed by atoms with E-state index in [9.17, 15) is 55.9 Å². The molecule has 0 spiro atoms. The molecule has 2 saturated heterocycles. The highest BCUT2D eigenvalue weighted by atomic mass is 16.7. The third-order valence-corrected chi connectivity index (χ3v) is 14.2. The van der Waals surface area contributed by atoms with Gasteiger partial charge in [0.1, 0.15) is 61.0 Å². The third-order valence-electron chi connectivity index (χ3n) is 14.2. The van der Waals surface area contributed by atoms with Gasteiger partial charge < -0.3 is 75.3 Å². The van der Waals surface area contributed by atoms with E-state index in [4.69, 9.17) is 18.9 Å². The van der Waals surface area contributed by atoms with Gasteiger partial charge in [0.2, 0.25) is 5.91 Å². The molecule has 410 valence electrons. The number of carbonyl (C=O) groups is 1. The number of unbranched alkanes of at least 4 members (excludes halogenated alkanes) is 29. The Labute approximate surface area is 416 Å². The van der Waals surface area contributed by atoms with Crippen LogP contribution in [0.4, 0.5) is 0 Å². The molecule has 2 rings (SSSR count). The summed E-state index contributed by atoms with van der Waals surface area (Å²) in [6.07, 6.45) is 17.0. The number of ether oxygens (including phenoxy) is 4. The van der Waals surface area contributed by atoms with E-state index in [0.717, 1.165) is 44.9 Å². The minimum Gasteiger partial charge on any atom is -0.394 e. The Morgan fingerprint density at radius 2 is 0.942 bits per heavy atom. The van der Waals surface area contributed by atoms with Crippen LogP contribution in [0.3, 0.4) is 0 Å². The third kappa shape index (κ3) is 26.6. The fourth-order valence-corrected chi connectivity index (χ4v) is 9.60. The highest BCUT2D eigenvalue weighted by Gasteiger charge is 2.52. The molecular formula is C53H103NO15. The Morgan fingerprint density at radius 1 is 0.522 bits per heavy atom. The summed E-state index contributed by atoms with van der Waals surface area (Å²) in [7, 11) is 0. The van der Waals surface area contributed by atoms with Gasteiger partial charge in [0.05, 0.1) is 32.0 Å². The van der Waals surface area contributed by atoms with Crippen LogP contribution in [-0.4, -0.2) is 163 Å². The van der Waals surface area contributed by atoms with Crippen molar-refractivity contribution in [2.24, 2.45) is 0 Å². The summed E-state index contributed by atoms with van der Waals surface area (Å²) in [5.41, 5.74) is 0. The zero-order chi connectivity index (χ0) is 50.7. The largest absolute Gasteiger partial charge is 0.394 e. The summed E-state index contributed by atoms with van der Waals surface area (Å²) >= 11 is 0. The van der Waals surface area contributed by atoms with E-state index in [-0.39, 0.29) is 12.8 Å². The van der Waals surface area contributed by atoms with Crippen LogP contribution < -0.4 is 5.32 Å². The molecule has 0 aromatic carbocycles. The fourth-order valence-electron chi connectivity index (χ4n) is 9.60. The first-order valence-electron chi connectivity index (χ1n) is 28.0. The van der Waals surface area contributed by atoms with E-state index >= 15 is 0 Å². The second-order valence-electron chi connectivity index (χ2n) is 20.4. The highest BCUT2D eigenvalue weighted by Crippen LogP contribution is 2.31. The summed E-state index contributed by atoms with van der Waals surface area (Å²) in [5.74, 6) is -0.761. The van der Waals surface area contributed by atoms with Crippen molar-refractivity contribution in [3.63, 3.8) is 0 Å². The summed E-state index contributed by atoms with van der Waals surface area (Å²) in [4.78, 5) is 13.4. The summed E-state index contributed by atoms with van der Waals surface area (Å²) < 4.78 is 22.6. The van der Waals surface area contributed by atoms with E-state index in [0.29, 0.717) is 12.8 Å². The average molecular weight is 994 g/mol. The lowest BCUT2D eigenvalue weighted by Crippen LogP contribution is -2.62. The van der Waals surface area contributed by atoms with Crippen LogP contribution in [0, 0.1) is 0 Å². The normalized spacial score (nSPS) is 26.2. The second kappa shape index (κ2) is 40.3. The van der Waals surface area contributed by atoms with E-state index < -0.39 is 111 Å². The predicted octanol–water partition coefficient (Wildman–Crippen LogP) is 6.11. The maximum atomic E-state index is 13.4. The molecule has 0 aromatic heterocycles. The van der Waals surface area contributed by atoms with Gasteiger partial charge in [0.25, 0.3) is 0 Å². The number of rotatable bonds is 45. The van der Waals surface area contributed by atoms with E-state index in [2.05, 4.69) is 19.2 Å². The molecule has 2 aliphatic heterocycles. The molecule has 14 unspecified atom stereocenters. The number of hydrogen-bond donors (Lipinski definition) is 11. The molecule has 0 radical (unpaired) electrons. The van der Waals surface area contributed by atoms with Crippen molar-refractivity contribution in [1.29, 1.82) is 0 Å². The van der Waals surface area contributed by atoms with E-state index in [1.165, 1.54) is 141 Å². The SMILES string of the molecule is CCCCCCCCCCCCCCCCCCCCCC(O)C(=O)NC(COC1OC(CO)C(O)C(OC2OC(C(O)CO)C(O)C2O)C1O)C(O)C(O)CCCCCCCCCCCCCC. The van der Waals surface area contributed by atoms with Crippen LogP contribution in [0.5, 0.6) is 0 Å². The maximum Gasteiger partial charge on any atom is 0.249 e. The van der Waals surface area contributed by atoms with Gasteiger partial charge in [-0.05, 0) is 12.8 Å². The van der Waals surface area contributed by atoms with Gasteiger partial charge in [-0.2, -0.15) is 0 Å². The Bertz CT molecular complexity index is 1210. The van der Waals surface area contributed by atoms with Crippen molar-refractivity contribution in [3.8, 4) is 0 Å². The number of amides is 1. The van der Waals surface area contributed by atoms with Crippen LogP contribution in [0.2, 0.25) is 0 Å². The van der Waals surface area contributed by atoms with Crippen LogP contribution in [0.15, 0.2) is 0 Å². The molecule has 16 heteroatoms. The second-order valence-corrected chi connectivity index (χ2v) is 20.4. The van der Waals surface area contributed by atoms with E-state index in [1.807, 2.05) is 0 Å². The number of nitrogens with one attached hydrogen (secondary N) is 1. The van der Waals surface area contributed by atoms with Gasteiger partial charge >= 0.3 is 0 Å². The molecule has 2 aliphatic rings. The first-order valence-corrected chi connectivity index (χ1v) is 28.0. The zero-order valence-corrected chi connectivity index (χ0v) is 43.1. The monoisotopic (exact) mass is 994 g/mol. The molecular weight excluding hydrogens is 891 g/mol. The zero-order valence-electron chi connectivity index (χ0n) is 43.1. The molecule has 0 bridgehead atoms. The van der Waals surface area contributed by atoms with Gasteiger partial charge in [-0.25, -0.2) is 0 Å². The fraction of sp³-hybridized carbons (Fsp3) is 0.981. The average Bonchev–Trinajstić information content (AvgIpc) is 3.63. The maximum absolute atomic E-state index is 13.4. The van der Waals surface area contributed by atoms with Crippen LogP contribution in [0.25, 0.3) is 0 Å². The van der Waals surface area contributed by atoms with Gasteiger partial charge in [0.15, 0.2) is 12.6 Å². The smallest absolute Gasteiger partial charge is 0.249 e. The topological polar surface area (TPSA) is 268 Å². The number of aliphatic hydroxyl groups excluding tert-OH is 10. The highest BCUT2D eigenvalue weighted by molar-refractivity contribution is 5.80. The minimum absolute atomic E-state index is 0.204. The molecule has 0 aromatic rings. The van der Waals surface area contributed by atoms with Gasteiger partial charge in [-0.3, -0.25) is 4.79 Å². The summed E-state index contributed by atoms with van der Waals surface area (Å²) in [6.45, 7) is 2.38. The molecule has 69 heavy (non-hydrogen) atoms. The predicted molar refractivity (Wildman–Crippen MR) is 266 cm³/mol. The minimum atomic E-state index is -1.82. The Balaban J connectivity index is 1.87. The summed E-state index contributed by atoms with van der Waals surface area (Å²) in [5, 5.41) is 109. The Kier molecular flexibility index (Phi) is 37.4. The molecule has 2 heterocycles. The molecule has 0 aliphatic carbocycles. The number of aliphatic hydroxyl groups is 10. The summed E-state index contributed by atoms with van der Waals surface area (Å²) in [6, 6.07) is -1.28. The van der Waals surface area contributed by atoms with Gasteiger partial charge in [0, 0.05) is 0 Å². The lowest BCUT2D eigenvalue weighted by Gasteiger charge is -2.43.